The Morgan fingerprint density at radius 3 is 2.62 bits per heavy atom. The molecular formula is C14H21FN2O3S. The normalized spacial score (nSPS) is 20.4. The summed E-state index contributed by atoms with van der Waals surface area (Å²) in [6.45, 7) is 1.89. The summed E-state index contributed by atoms with van der Waals surface area (Å²) in [7, 11) is 0.0942. The van der Waals surface area contributed by atoms with Crippen LogP contribution in [-0.4, -0.2) is 56.0 Å². The highest BCUT2D eigenvalue weighted by Gasteiger charge is 2.34. The molecule has 0 amide bonds. The van der Waals surface area contributed by atoms with Crippen LogP contribution in [0.3, 0.4) is 0 Å². The molecule has 1 saturated heterocycles. The molecule has 0 aliphatic carbocycles. The Bertz CT molecular complexity index is 631. The Labute approximate surface area is 125 Å². The molecule has 2 rings (SSSR count). The van der Waals surface area contributed by atoms with Gasteiger partial charge in [-0.05, 0) is 45.1 Å². The topological polar surface area (TPSA) is 60.9 Å². The van der Waals surface area contributed by atoms with Gasteiger partial charge in [0.15, 0.2) is 0 Å². The second-order valence-corrected chi connectivity index (χ2v) is 7.53. The number of nitrogens with zero attached hydrogens (tertiary/aromatic N) is 2. The van der Waals surface area contributed by atoms with Crippen molar-refractivity contribution in [1.82, 2.24) is 9.21 Å². The summed E-state index contributed by atoms with van der Waals surface area (Å²) < 4.78 is 40.6. The summed E-state index contributed by atoms with van der Waals surface area (Å²) in [5.41, 5.74) is 0.362. The van der Waals surface area contributed by atoms with Crippen molar-refractivity contribution in [2.45, 2.75) is 30.9 Å². The zero-order valence-corrected chi connectivity index (χ0v) is 13.3. The van der Waals surface area contributed by atoms with Gasteiger partial charge in [-0.3, -0.25) is 0 Å². The number of halogens is 1. The molecule has 1 aromatic carbocycles. The number of hydrogen-bond donors (Lipinski definition) is 1. The maximum absolute atomic E-state index is 13.8. The molecule has 21 heavy (non-hydrogen) atoms. The summed E-state index contributed by atoms with van der Waals surface area (Å²) in [4.78, 5) is 1.94. The zero-order valence-electron chi connectivity index (χ0n) is 12.5. The minimum Gasteiger partial charge on any atom is -0.392 e. The highest BCUT2D eigenvalue weighted by Crippen LogP contribution is 2.27. The lowest BCUT2D eigenvalue weighted by molar-refractivity contribution is 0.280. The Morgan fingerprint density at radius 1 is 1.43 bits per heavy atom. The molecule has 0 spiro atoms. The third-order valence-corrected chi connectivity index (χ3v) is 6.00. The van der Waals surface area contributed by atoms with Crippen molar-refractivity contribution in [3.8, 4) is 0 Å². The van der Waals surface area contributed by atoms with Crippen molar-refractivity contribution in [3.05, 3.63) is 29.1 Å². The second-order valence-electron chi connectivity index (χ2n) is 5.63. The lowest BCUT2D eigenvalue weighted by Crippen LogP contribution is -2.34. The average molecular weight is 316 g/mol. The molecule has 0 radical (unpaired) electrons. The van der Waals surface area contributed by atoms with Crippen molar-refractivity contribution >= 4 is 10.0 Å². The molecule has 1 fully saturated rings. The SMILES string of the molecule is Cc1c(F)cc(CO)cc1S(=O)(=O)N1CCC(N(C)C)C1. The Hall–Kier alpha value is -1.02. The van der Waals surface area contributed by atoms with Gasteiger partial charge in [-0.2, -0.15) is 4.31 Å². The number of rotatable bonds is 4. The second kappa shape index (κ2) is 6.00. The molecule has 1 aromatic rings. The van der Waals surface area contributed by atoms with Crippen LogP contribution in [-0.2, 0) is 16.6 Å². The van der Waals surface area contributed by atoms with E-state index in [0.717, 1.165) is 6.42 Å². The predicted octanol–water partition coefficient (Wildman–Crippen LogP) is 0.951. The monoisotopic (exact) mass is 316 g/mol. The fourth-order valence-corrected chi connectivity index (χ4v) is 4.33. The van der Waals surface area contributed by atoms with Crippen molar-refractivity contribution in [2.24, 2.45) is 0 Å². The number of benzene rings is 1. The van der Waals surface area contributed by atoms with Crippen LogP contribution in [0, 0.1) is 12.7 Å². The molecule has 5 nitrogen and oxygen atoms in total. The Kier molecular flexibility index (Phi) is 4.67. The third-order valence-electron chi connectivity index (χ3n) is 4.01. The Morgan fingerprint density at radius 2 is 2.10 bits per heavy atom. The number of likely N-dealkylation sites (N-methyl/N-ethyl adjacent to an activating group) is 1. The van der Waals surface area contributed by atoms with Gasteiger partial charge in [0, 0.05) is 24.7 Å². The van der Waals surface area contributed by atoms with Crippen LogP contribution >= 0.6 is 0 Å². The van der Waals surface area contributed by atoms with E-state index < -0.39 is 15.8 Å². The van der Waals surface area contributed by atoms with Gasteiger partial charge >= 0.3 is 0 Å². The van der Waals surface area contributed by atoms with Gasteiger partial charge in [0.25, 0.3) is 0 Å². The molecule has 0 saturated carbocycles. The summed E-state index contributed by atoms with van der Waals surface area (Å²) >= 11 is 0. The lowest BCUT2D eigenvalue weighted by atomic mass is 10.1. The van der Waals surface area contributed by atoms with E-state index in [1.165, 1.54) is 23.4 Å². The Balaban J connectivity index is 2.39. The zero-order chi connectivity index (χ0) is 15.8. The molecule has 1 N–H and O–H groups in total. The highest BCUT2D eigenvalue weighted by atomic mass is 32.2. The van der Waals surface area contributed by atoms with Crippen LogP contribution in [0.5, 0.6) is 0 Å². The van der Waals surface area contributed by atoms with E-state index in [0.29, 0.717) is 13.1 Å². The van der Waals surface area contributed by atoms with Gasteiger partial charge in [0.2, 0.25) is 10.0 Å². The van der Waals surface area contributed by atoms with Crippen LogP contribution in [0.25, 0.3) is 0 Å². The van der Waals surface area contributed by atoms with Gasteiger partial charge in [-0.15, -0.1) is 0 Å². The maximum Gasteiger partial charge on any atom is 0.243 e. The summed E-state index contributed by atoms with van der Waals surface area (Å²) in [6, 6.07) is 2.70. The van der Waals surface area contributed by atoms with E-state index in [1.54, 1.807) is 0 Å². The predicted molar refractivity (Wildman–Crippen MR) is 77.9 cm³/mol. The highest BCUT2D eigenvalue weighted by molar-refractivity contribution is 7.89. The number of hydrogen-bond acceptors (Lipinski definition) is 4. The van der Waals surface area contributed by atoms with Gasteiger partial charge < -0.3 is 10.0 Å². The summed E-state index contributed by atoms with van der Waals surface area (Å²) in [6.07, 6.45) is 0.757. The molecule has 118 valence electrons. The fraction of sp³-hybridized carbons (Fsp3) is 0.571. The van der Waals surface area contributed by atoms with Crippen molar-refractivity contribution in [1.29, 1.82) is 0 Å². The van der Waals surface area contributed by atoms with Crippen molar-refractivity contribution < 1.29 is 17.9 Å². The van der Waals surface area contributed by atoms with Crippen LogP contribution in [0.2, 0.25) is 0 Å². The van der Waals surface area contributed by atoms with Gasteiger partial charge in [0.1, 0.15) is 5.82 Å². The molecule has 1 atom stereocenters. The van der Waals surface area contributed by atoms with E-state index in [1.807, 2.05) is 19.0 Å². The van der Waals surface area contributed by atoms with Crippen molar-refractivity contribution in [3.63, 3.8) is 0 Å². The maximum atomic E-state index is 13.8. The summed E-state index contributed by atoms with van der Waals surface area (Å²) in [5, 5.41) is 9.14. The first-order valence-corrected chi connectivity index (χ1v) is 8.28. The van der Waals surface area contributed by atoms with E-state index in [9.17, 15) is 12.8 Å². The van der Waals surface area contributed by atoms with Crippen molar-refractivity contribution in [2.75, 3.05) is 27.2 Å². The van der Waals surface area contributed by atoms with E-state index in [4.69, 9.17) is 5.11 Å². The van der Waals surface area contributed by atoms with Gasteiger partial charge in [-0.25, -0.2) is 12.8 Å². The first kappa shape index (κ1) is 16.4. The molecule has 1 aliphatic rings. The number of sulfonamides is 1. The summed E-state index contributed by atoms with van der Waals surface area (Å²) in [5.74, 6) is -0.608. The van der Waals surface area contributed by atoms with E-state index in [2.05, 4.69) is 0 Å². The molecule has 0 aromatic heterocycles. The third kappa shape index (κ3) is 3.11. The first-order chi connectivity index (χ1) is 9.77. The molecular weight excluding hydrogens is 295 g/mol. The van der Waals surface area contributed by atoms with Crippen LogP contribution in [0.4, 0.5) is 4.39 Å². The van der Waals surface area contributed by atoms with E-state index in [-0.39, 0.29) is 28.7 Å². The molecule has 0 bridgehead atoms. The number of aliphatic hydroxyl groups excluding tert-OH is 1. The lowest BCUT2D eigenvalue weighted by Gasteiger charge is -2.21. The minimum atomic E-state index is -3.74. The van der Waals surface area contributed by atoms with Crippen LogP contribution < -0.4 is 0 Å². The standard InChI is InChI=1S/C14H21FN2O3S/c1-10-13(15)6-11(9-18)7-14(10)21(19,20)17-5-4-12(8-17)16(2)3/h6-7,12,18H,4-5,8-9H2,1-3H3. The largest absolute Gasteiger partial charge is 0.392 e. The van der Waals surface area contributed by atoms with Gasteiger partial charge in [-0.1, -0.05) is 0 Å². The molecule has 1 aliphatic heterocycles. The molecule has 7 heteroatoms. The van der Waals surface area contributed by atoms with E-state index >= 15 is 0 Å². The van der Waals surface area contributed by atoms with Crippen LogP contribution in [0.1, 0.15) is 17.5 Å². The van der Waals surface area contributed by atoms with Gasteiger partial charge in [0.05, 0.1) is 11.5 Å². The average Bonchev–Trinajstić information content (AvgIpc) is 2.92. The first-order valence-electron chi connectivity index (χ1n) is 6.84. The smallest absolute Gasteiger partial charge is 0.243 e. The minimum absolute atomic E-state index is 0.0500. The number of aliphatic hydroxyl groups is 1. The quantitative estimate of drug-likeness (QED) is 0.898. The fourth-order valence-electron chi connectivity index (χ4n) is 2.56. The molecule has 1 heterocycles. The molecule has 1 unspecified atom stereocenters. The van der Waals surface area contributed by atoms with Crippen LogP contribution in [0.15, 0.2) is 17.0 Å².